The van der Waals surface area contributed by atoms with Crippen LogP contribution in [0.25, 0.3) is 0 Å². The van der Waals surface area contributed by atoms with Crippen LogP contribution in [-0.2, 0) is 14.8 Å². The molecule has 1 amide bonds. The molecule has 2 saturated heterocycles. The highest BCUT2D eigenvalue weighted by atomic mass is 32.2. The number of carbonyl (C=O) groups is 1. The Kier molecular flexibility index (Phi) is 6.38. The molecule has 2 N–H and O–H groups in total. The molecule has 7 unspecified atom stereocenters. The lowest BCUT2D eigenvalue weighted by Gasteiger charge is -2.36. The van der Waals surface area contributed by atoms with Gasteiger partial charge in [0.2, 0.25) is 10.0 Å². The van der Waals surface area contributed by atoms with Crippen LogP contribution in [0.2, 0.25) is 0 Å². The van der Waals surface area contributed by atoms with E-state index in [1.54, 1.807) is 0 Å². The number of likely N-dealkylation sites (tertiary alicyclic amines) is 1. The van der Waals surface area contributed by atoms with Crippen molar-refractivity contribution in [2.75, 3.05) is 13.2 Å². The number of rotatable bonds is 6. The van der Waals surface area contributed by atoms with Crippen molar-refractivity contribution in [2.45, 2.75) is 99.7 Å². The lowest BCUT2D eigenvalue weighted by molar-refractivity contribution is 0.0920. The Morgan fingerprint density at radius 2 is 2.03 bits per heavy atom. The summed E-state index contributed by atoms with van der Waals surface area (Å²) in [5, 5.41) is 4.16. The summed E-state index contributed by atoms with van der Waals surface area (Å²) in [6.07, 6.45) is 4.66. The summed E-state index contributed by atoms with van der Waals surface area (Å²) in [5.41, 5.74) is -0.256. The summed E-state index contributed by atoms with van der Waals surface area (Å²) < 4.78 is 34.3. The molecule has 4 rings (SSSR count). The van der Waals surface area contributed by atoms with E-state index in [1.165, 1.54) is 0 Å². The lowest BCUT2D eigenvalue weighted by atomic mass is 9.77. The fourth-order valence-corrected chi connectivity index (χ4v) is 9.13. The SMILES string of the molecule is CCOC(=O)N1CC(CC2SC(C)NC2C)C2CCC(S(=O)(=O)NC3(C)CC3)CC21. The number of nitrogens with zero attached hydrogens (tertiary/aromatic N) is 1. The van der Waals surface area contributed by atoms with E-state index in [9.17, 15) is 13.2 Å². The van der Waals surface area contributed by atoms with Crippen molar-refractivity contribution in [1.82, 2.24) is 14.9 Å². The third-order valence-corrected chi connectivity index (χ3v) is 11.1. The second-order valence-electron chi connectivity index (χ2n) is 9.99. The van der Waals surface area contributed by atoms with Crippen molar-refractivity contribution < 1.29 is 17.9 Å². The highest BCUT2D eigenvalue weighted by Gasteiger charge is 2.52. The van der Waals surface area contributed by atoms with Gasteiger partial charge < -0.3 is 15.0 Å². The van der Waals surface area contributed by atoms with Crippen LogP contribution in [0, 0.1) is 11.8 Å². The van der Waals surface area contributed by atoms with Gasteiger partial charge in [0.15, 0.2) is 0 Å². The third-order valence-electron chi connectivity index (χ3n) is 7.56. The van der Waals surface area contributed by atoms with E-state index in [0.29, 0.717) is 54.5 Å². The number of carbonyl (C=O) groups excluding carboxylic acids is 1. The standard InChI is InChI=1S/C21H37N3O4S2/c1-5-28-20(25)24-12-15(10-19-13(2)22-14(3)29-19)17-7-6-16(11-18(17)24)30(26,27)23-21(4)8-9-21/h13-19,22-23H,5-12H2,1-4H3. The van der Waals surface area contributed by atoms with E-state index in [2.05, 4.69) is 23.9 Å². The zero-order chi connectivity index (χ0) is 21.7. The van der Waals surface area contributed by atoms with Crippen molar-refractivity contribution in [3.8, 4) is 0 Å². The van der Waals surface area contributed by atoms with E-state index in [-0.39, 0.29) is 17.7 Å². The zero-order valence-corrected chi connectivity index (χ0v) is 20.2. The number of hydrogen-bond donors (Lipinski definition) is 2. The maximum atomic E-state index is 13.0. The molecule has 2 aliphatic carbocycles. The van der Waals surface area contributed by atoms with E-state index in [1.807, 2.05) is 30.5 Å². The Labute approximate surface area is 185 Å². The topological polar surface area (TPSA) is 87.7 Å². The summed E-state index contributed by atoms with van der Waals surface area (Å²) in [6, 6.07) is 0.420. The smallest absolute Gasteiger partial charge is 0.410 e. The largest absolute Gasteiger partial charge is 0.450 e. The first-order chi connectivity index (χ1) is 14.1. The molecule has 2 heterocycles. The normalized spacial score (nSPS) is 40.3. The van der Waals surface area contributed by atoms with Gasteiger partial charge in [-0.15, -0.1) is 11.8 Å². The van der Waals surface area contributed by atoms with Crippen molar-refractivity contribution >= 4 is 27.9 Å². The molecule has 172 valence electrons. The number of sulfonamides is 1. The predicted molar refractivity (Wildman–Crippen MR) is 120 cm³/mol. The van der Waals surface area contributed by atoms with Crippen molar-refractivity contribution in [3.05, 3.63) is 0 Å². The number of fused-ring (bicyclic) bond motifs is 1. The average molecular weight is 460 g/mol. The molecular weight excluding hydrogens is 422 g/mol. The minimum absolute atomic E-state index is 0.0384. The Bertz CT molecular complexity index is 757. The Morgan fingerprint density at radius 3 is 2.63 bits per heavy atom. The molecule has 7 atom stereocenters. The van der Waals surface area contributed by atoms with Crippen LogP contribution < -0.4 is 10.0 Å². The fraction of sp³-hybridized carbons (Fsp3) is 0.952. The van der Waals surface area contributed by atoms with Gasteiger partial charge in [-0.2, -0.15) is 0 Å². The highest BCUT2D eigenvalue weighted by Crippen LogP contribution is 2.46. The number of ether oxygens (including phenoxy) is 1. The van der Waals surface area contributed by atoms with Gasteiger partial charge >= 0.3 is 6.09 Å². The van der Waals surface area contributed by atoms with Crippen LogP contribution in [0.15, 0.2) is 0 Å². The molecule has 0 bridgehead atoms. The maximum Gasteiger partial charge on any atom is 0.410 e. The minimum atomic E-state index is -3.38. The van der Waals surface area contributed by atoms with E-state index in [0.717, 1.165) is 25.7 Å². The van der Waals surface area contributed by atoms with Gasteiger partial charge in [-0.05, 0) is 78.1 Å². The predicted octanol–water partition coefficient (Wildman–Crippen LogP) is 2.91. The van der Waals surface area contributed by atoms with Gasteiger partial charge in [-0.3, -0.25) is 0 Å². The minimum Gasteiger partial charge on any atom is -0.450 e. The zero-order valence-electron chi connectivity index (χ0n) is 18.6. The number of nitrogens with one attached hydrogen (secondary N) is 2. The van der Waals surface area contributed by atoms with Crippen molar-refractivity contribution in [1.29, 1.82) is 0 Å². The van der Waals surface area contributed by atoms with Crippen molar-refractivity contribution in [2.24, 2.45) is 11.8 Å². The Morgan fingerprint density at radius 1 is 1.30 bits per heavy atom. The molecule has 7 nitrogen and oxygen atoms in total. The van der Waals surface area contributed by atoms with Crippen LogP contribution in [0.3, 0.4) is 0 Å². The van der Waals surface area contributed by atoms with Gasteiger partial charge in [0.25, 0.3) is 0 Å². The van der Waals surface area contributed by atoms with Gasteiger partial charge in [-0.25, -0.2) is 17.9 Å². The maximum absolute atomic E-state index is 13.0. The fourth-order valence-electron chi connectivity index (χ4n) is 5.68. The quantitative estimate of drug-likeness (QED) is 0.635. The van der Waals surface area contributed by atoms with Crippen molar-refractivity contribution in [3.63, 3.8) is 0 Å². The second-order valence-corrected chi connectivity index (χ2v) is 13.5. The third kappa shape index (κ3) is 4.64. The molecule has 2 saturated carbocycles. The van der Waals surface area contributed by atoms with Crippen LogP contribution in [-0.4, -0.2) is 66.1 Å². The molecule has 30 heavy (non-hydrogen) atoms. The summed E-state index contributed by atoms with van der Waals surface area (Å²) >= 11 is 1.99. The van der Waals surface area contributed by atoms with Gasteiger partial charge in [0.1, 0.15) is 0 Å². The van der Waals surface area contributed by atoms with Gasteiger partial charge in [0, 0.05) is 29.4 Å². The van der Waals surface area contributed by atoms with E-state index in [4.69, 9.17) is 4.74 Å². The average Bonchev–Trinajstić information content (AvgIpc) is 3.14. The van der Waals surface area contributed by atoms with Crippen LogP contribution in [0.1, 0.15) is 66.2 Å². The summed E-state index contributed by atoms with van der Waals surface area (Å²) in [4.78, 5) is 14.6. The second kappa shape index (κ2) is 8.45. The Balaban J connectivity index is 1.48. The molecule has 4 fully saturated rings. The Hall–Kier alpha value is -0.510. The first kappa shape index (κ1) is 22.7. The first-order valence-corrected chi connectivity index (χ1v) is 14.0. The van der Waals surface area contributed by atoms with Crippen LogP contribution in [0.5, 0.6) is 0 Å². The molecule has 0 spiro atoms. The first-order valence-electron chi connectivity index (χ1n) is 11.5. The summed E-state index contributed by atoms with van der Waals surface area (Å²) in [6.45, 7) is 9.26. The van der Waals surface area contributed by atoms with Gasteiger partial charge in [-0.1, -0.05) is 0 Å². The van der Waals surface area contributed by atoms with Crippen LogP contribution >= 0.6 is 11.8 Å². The molecule has 0 radical (unpaired) electrons. The molecule has 9 heteroatoms. The number of thioether (sulfide) groups is 1. The highest BCUT2D eigenvalue weighted by molar-refractivity contribution is 8.00. The monoisotopic (exact) mass is 459 g/mol. The molecule has 0 aromatic rings. The number of hydrogen-bond acceptors (Lipinski definition) is 6. The summed E-state index contributed by atoms with van der Waals surface area (Å²) in [7, 11) is -3.38. The molecule has 0 aromatic heterocycles. The molecular formula is C21H37N3O4S2. The number of amides is 1. The summed E-state index contributed by atoms with van der Waals surface area (Å²) in [5.74, 6) is 0.769. The van der Waals surface area contributed by atoms with E-state index >= 15 is 0 Å². The lowest BCUT2D eigenvalue weighted by Crippen LogP contribution is -2.48. The van der Waals surface area contributed by atoms with E-state index < -0.39 is 15.3 Å². The molecule has 0 aromatic carbocycles. The van der Waals surface area contributed by atoms with Crippen LogP contribution in [0.4, 0.5) is 4.79 Å². The van der Waals surface area contributed by atoms with Gasteiger partial charge in [0.05, 0.1) is 17.2 Å². The molecule has 2 aliphatic heterocycles. The molecule has 4 aliphatic rings.